The van der Waals surface area contributed by atoms with Crippen molar-refractivity contribution in [1.82, 2.24) is 9.80 Å². The van der Waals surface area contributed by atoms with E-state index in [4.69, 9.17) is 0 Å². The van der Waals surface area contributed by atoms with Crippen molar-refractivity contribution in [3.05, 3.63) is 12.7 Å². The molecule has 0 aromatic rings. The molecule has 4 heteroatoms. The second-order valence-corrected chi connectivity index (χ2v) is 3.77. The minimum absolute atomic E-state index is 0.333. The minimum Gasteiger partial charge on any atom is -0.330 e. The molecule has 2 aliphatic rings. The van der Waals surface area contributed by atoms with Gasteiger partial charge in [-0.1, -0.05) is 6.08 Å². The summed E-state index contributed by atoms with van der Waals surface area (Å²) in [4.78, 5) is 26.4. The molecule has 2 fully saturated rings. The van der Waals surface area contributed by atoms with E-state index in [1.807, 2.05) is 0 Å². The summed E-state index contributed by atoms with van der Waals surface area (Å²) >= 11 is 0. The fourth-order valence-corrected chi connectivity index (χ4v) is 1.75. The minimum atomic E-state index is -0.372. The van der Waals surface area contributed by atoms with Crippen LogP contribution < -0.4 is 0 Å². The Bertz CT molecular complexity index is 284. The molecule has 0 N–H and O–H groups in total. The molecule has 0 spiro atoms. The first-order valence-corrected chi connectivity index (χ1v) is 4.95. The average Bonchev–Trinajstić information content (AvgIpc) is 2.97. The lowest BCUT2D eigenvalue weighted by Crippen LogP contribution is -2.54. The van der Waals surface area contributed by atoms with Gasteiger partial charge in [-0.15, -0.1) is 6.58 Å². The number of rotatable bonds is 3. The molecule has 76 valence electrons. The molecule has 0 atom stereocenters. The van der Waals surface area contributed by atoms with Crippen molar-refractivity contribution < 1.29 is 9.59 Å². The van der Waals surface area contributed by atoms with E-state index >= 15 is 0 Å². The van der Waals surface area contributed by atoms with Gasteiger partial charge in [0.25, 0.3) is 0 Å². The molecule has 2 amide bonds. The Morgan fingerprint density at radius 2 is 2.00 bits per heavy atom. The van der Waals surface area contributed by atoms with Gasteiger partial charge in [-0.05, 0) is 12.8 Å². The molecule has 0 aromatic heterocycles. The van der Waals surface area contributed by atoms with Gasteiger partial charge in [0.15, 0.2) is 0 Å². The summed E-state index contributed by atoms with van der Waals surface area (Å²) in [7, 11) is 0. The average molecular weight is 194 g/mol. The number of piperazine rings is 1. The topological polar surface area (TPSA) is 40.6 Å². The highest BCUT2D eigenvalue weighted by Crippen LogP contribution is 2.28. The number of hydrogen-bond acceptors (Lipinski definition) is 2. The molecular weight excluding hydrogens is 180 g/mol. The zero-order valence-corrected chi connectivity index (χ0v) is 8.11. The summed E-state index contributed by atoms with van der Waals surface area (Å²) < 4.78 is 0. The molecule has 0 aromatic carbocycles. The summed E-state index contributed by atoms with van der Waals surface area (Å²) in [6, 6.07) is 0.345. The lowest BCUT2D eigenvalue weighted by Gasteiger charge is -2.33. The largest absolute Gasteiger partial charge is 0.330 e. The van der Waals surface area contributed by atoms with Crippen LogP contribution in [0.2, 0.25) is 0 Å². The van der Waals surface area contributed by atoms with E-state index < -0.39 is 0 Å². The van der Waals surface area contributed by atoms with Crippen molar-refractivity contribution in [1.29, 1.82) is 0 Å². The molecule has 1 aliphatic carbocycles. The van der Waals surface area contributed by atoms with Gasteiger partial charge in [0, 0.05) is 25.7 Å². The summed E-state index contributed by atoms with van der Waals surface area (Å²) in [6.07, 6.45) is 3.76. The van der Waals surface area contributed by atoms with Crippen LogP contribution in [-0.2, 0) is 9.59 Å². The molecular formula is C10H14N2O2. The second-order valence-electron chi connectivity index (χ2n) is 3.77. The highest BCUT2D eigenvalue weighted by Gasteiger charge is 2.39. The normalized spacial score (nSPS) is 22.9. The molecule has 1 heterocycles. The molecule has 1 aliphatic heterocycles. The molecule has 4 nitrogen and oxygen atoms in total. The third kappa shape index (κ3) is 1.52. The van der Waals surface area contributed by atoms with E-state index in [0.717, 1.165) is 12.8 Å². The highest BCUT2D eigenvalue weighted by molar-refractivity contribution is 6.35. The predicted octanol–water partition coefficient (Wildman–Crippen LogP) is 0.00560. The van der Waals surface area contributed by atoms with Gasteiger partial charge >= 0.3 is 11.8 Å². The van der Waals surface area contributed by atoms with Crippen LogP contribution in [0.5, 0.6) is 0 Å². The maximum Gasteiger partial charge on any atom is 0.312 e. The van der Waals surface area contributed by atoms with E-state index in [1.54, 1.807) is 15.9 Å². The molecule has 14 heavy (non-hydrogen) atoms. The van der Waals surface area contributed by atoms with Crippen LogP contribution in [0.3, 0.4) is 0 Å². The first-order chi connectivity index (χ1) is 6.74. The lowest BCUT2D eigenvalue weighted by atomic mass is 10.3. The monoisotopic (exact) mass is 194 g/mol. The van der Waals surface area contributed by atoms with E-state index in [-0.39, 0.29) is 11.8 Å². The van der Waals surface area contributed by atoms with Crippen LogP contribution in [0.25, 0.3) is 0 Å². The SMILES string of the molecule is C=CCN1CCN(C2CC2)C(=O)C1=O. The smallest absolute Gasteiger partial charge is 0.312 e. The third-order valence-electron chi connectivity index (χ3n) is 2.68. The van der Waals surface area contributed by atoms with Crippen LogP contribution in [0.15, 0.2) is 12.7 Å². The van der Waals surface area contributed by atoms with Crippen LogP contribution in [0, 0.1) is 0 Å². The van der Waals surface area contributed by atoms with Crippen molar-refractivity contribution in [2.75, 3.05) is 19.6 Å². The second kappa shape index (κ2) is 3.44. The summed E-state index contributed by atoms with van der Waals surface area (Å²) in [5.41, 5.74) is 0. The maximum absolute atomic E-state index is 11.6. The Balaban J connectivity index is 2.02. The number of carbonyl (C=O) groups is 2. The summed E-state index contributed by atoms with van der Waals surface area (Å²) in [5.74, 6) is -0.705. The van der Waals surface area contributed by atoms with Crippen molar-refractivity contribution in [2.45, 2.75) is 18.9 Å². The van der Waals surface area contributed by atoms with Crippen molar-refractivity contribution in [3.63, 3.8) is 0 Å². The molecule has 1 saturated heterocycles. The van der Waals surface area contributed by atoms with Gasteiger partial charge in [0.05, 0.1) is 0 Å². The van der Waals surface area contributed by atoms with Gasteiger partial charge in [0.2, 0.25) is 0 Å². The van der Waals surface area contributed by atoms with Crippen LogP contribution in [-0.4, -0.2) is 47.3 Å². The van der Waals surface area contributed by atoms with E-state index in [0.29, 0.717) is 25.7 Å². The Kier molecular flexibility index (Phi) is 2.27. The molecule has 0 radical (unpaired) electrons. The maximum atomic E-state index is 11.6. The van der Waals surface area contributed by atoms with Crippen molar-refractivity contribution in [3.8, 4) is 0 Å². The van der Waals surface area contributed by atoms with Crippen LogP contribution in [0.4, 0.5) is 0 Å². The standard InChI is InChI=1S/C10H14N2O2/c1-2-5-11-6-7-12(8-3-4-8)10(14)9(11)13/h2,8H,1,3-7H2. The number of carbonyl (C=O) groups excluding carboxylic acids is 2. The Hall–Kier alpha value is -1.32. The molecule has 0 unspecified atom stereocenters. The van der Waals surface area contributed by atoms with Crippen LogP contribution >= 0.6 is 0 Å². The molecule has 1 saturated carbocycles. The van der Waals surface area contributed by atoms with Crippen molar-refractivity contribution >= 4 is 11.8 Å². The van der Waals surface area contributed by atoms with Crippen LogP contribution in [0.1, 0.15) is 12.8 Å². The fourth-order valence-electron chi connectivity index (χ4n) is 1.75. The quantitative estimate of drug-likeness (QED) is 0.469. The number of hydrogen-bond donors (Lipinski definition) is 0. The fraction of sp³-hybridized carbons (Fsp3) is 0.600. The van der Waals surface area contributed by atoms with Gasteiger partial charge < -0.3 is 9.80 Å². The zero-order chi connectivity index (χ0) is 10.1. The number of nitrogens with zero attached hydrogens (tertiary/aromatic N) is 2. The lowest BCUT2D eigenvalue weighted by molar-refractivity contribution is -0.156. The summed E-state index contributed by atoms with van der Waals surface area (Å²) in [6.45, 7) is 5.37. The predicted molar refractivity (Wildman–Crippen MR) is 51.5 cm³/mol. The van der Waals surface area contributed by atoms with E-state index in [1.165, 1.54) is 0 Å². The molecule has 0 bridgehead atoms. The van der Waals surface area contributed by atoms with Gasteiger partial charge in [0.1, 0.15) is 0 Å². The van der Waals surface area contributed by atoms with Gasteiger partial charge in [-0.25, -0.2) is 0 Å². The highest BCUT2D eigenvalue weighted by atomic mass is 16.2. The van der Waals surface area contributed by atoms with E-state index in [9.17, 15) is 9.59 Å². The zero-order valence-electron chi connectivity index (χ0n) is 8.11. The number of amides is 2. The van der Waals surface area contributed by atoms with Gasteiger partial charge in [-0.3, -0.25) is 9.59 Å². The Morgan fingerprint density at radius 3 is 2.57 bits per heavy atom. The summed E-state index contributed by atoms with van der Waals surface area (Å²) in [5, 5.41) is 0. The first kappa shape index (κ1) is 9.24. The third-order valence-corrected chi connectivity index (χ3v) is 2.68. The first-order valence-electron chi connectivity index (χ1n) is 4.95. The van der Waals surface area contributed by atoms with E-state index in [2.05, 4.69) is 6.58 Å². The van der Waals surface area contributed by atoms with Crippen molar-refractivity contribution in [2.24, 2.45) is 0 Å². The molecule has 2 rings (SSSR count). The Labute approximate surface area is 83.2 Å². The Morgan fingerprint density at radius 1 is 1.29 bits per heavy atom. The van der Waals surface area contributed by atoms with Gasteiger partial charge in [-0.2, -0.15) is 0 Å².